The molecule has 1 fully saturated rings. The van der Waals surface area contributed by atoms with Crippen LogP contribution in [0.2, 0.25) is 5.02 Å². The molecule has 0 radical (unpaired) electrons. The Balaban J connectivity index is 1.28. The molecule has 1 atom stereocenters. The molecule has 1 unspecified atom stereocenters. The average Bonchev–Trinajstić information content (AvgIpc) is 3.18. The van der Waals surface area contributed by atoms with E-state index in [1.165, 1.54) is 16.7 Å². The number of amides is 1. The number of aromatic nitrogens is 1. The Morgan fingerprint density at radius 1 is 1.06 bits per heavy atom. The lowest BCUT2D eigenvalue weighted by atomic mass is 10.0. The minimum Gasteiger partial charge on any atom is -0.492 e. The van der Waals surface area contributed by atoms with Crippen LogP contribution in [-0.4, -0.2) is 79.0 Å². The summed E-state index contributed by atoms with van der Waals surface area (Å²) >= 11 is 6.30. The van der Waals surface area contributed by atoms with Crippen LogP contribution >= 0.6 is 11.6 Å². The van der Waals surface area contributed by atoms with Crippen LogP contribution in [-0.2, 0) is 0 Å². The van der Waals surface area contributed by atoms with Gasteiger partial charge < -0.3 is 14.5 Å². The Morgan fingerprint density at radius 2 is 1.82 bits per heavy atom. The molecule has 176 valence electrons. The SMILES string of the molecule is CN(C)CCOc1cc(Cl)cc(C(=O)N2CCN(C3c4ccccc4-c4cccnc43)CC2)c1. The van der Waals surface area contributed by atoms with Gasteiger partial charge in [0.25, 0.3) is 5.91 Å². The van der Waals surface area contributed by atoms with Crippen molar-refractivity contribution in [3.63, 3.8) is 0 Å². The molecule has 1 aromatic heterocycles. The van der Waals surface area contributed by atoms with Crippen LogP contribution in [0.25, 0.3) is 11.1 Å². The van der Waals surface area contributed by atoms with E-state index in [1.54, 1.807) is 18.2 Å². The Morgan fingerprint density at radius 3 is 2.62 bits per heavy atom. The molecule has 2 aromatic carbocycles. The number of carbonyl (C=O) groups excluding carboxylic acids is 1. The van der Waals surface area contributed by atoms with E-state index in [4.69, 9.17) is 21.3 Å². The van der Waals surface area contributed by atoms with Crippen molar-refractivity contribution in [2.24, 2.45) is 0 Å². The van der Waals surface area contributed by atoms with Gasteiger partial charge >= 0.3 is 0 Å². The summed E-state index contributed by atoms with van der Waals surface area (Å²) in [7, 11) is 3.99. The molecule has 1 aliphatic carbocycles. The number of likely N-dealkylation sites (N-methyl/N-ethyl adjacent to an activating group) is 1. The molecule has 7 heteroatoms. The Bertz CT molecular complexity index is 1150. The van der Waals surface area contributed by atoms with Gasteiger partial charge in [0.2, 0.25) is 0 Å². The van der Waals surface area contributed by atoms with Crippen molar-refractivity contribution >= 4 is 17.5 Å². The smallest absolute Gasteiger partial charge is 0.254 e. The van der Waals surface area contributed by atoms with Gasteiger partial charge in [-0.1, -0.05) is 41.9 Å². The van der Waals surface area contributed by atoms with Gasteiger partial charge in [-0.05, 0) is 49.5 Å². The molecule has 34 heavy (non-hydrogen) atoms. The average molecular weight is 477 g/mol. The van der Waals surface area contributed by atoms with Gasteiger partial charge in [-0.2, -0.15) is 0 Å². The fourth-order valence-electron chi connectivity index (χ4n) is 4.84. The molecule has 0 bridgehead atoms. The van der Waals surface area contributed by atoms with Crippen LogP contribution in [0.4, 0.5) is 0 Å². The fraction of sp³-hybridized carbons (Fsp3) is 0.333. The first-order chi connectivity index (χ1) is 16.5. The summed E-state index contributed by atoms with van der Waals surface area (Å²) in [5.41, 5.74) is 5.44. The van der Waals surface area contributed by atoms with E-state index in [2.05, 4.69) is 35.2 Å². The maximum atomic E-state index is 13.3. The molecule has 1 saturated heterocycles. The van der Waals surface area contributed by atoms with Crippen LogP contribution in [0.15, 0.2) is 60.8 Å². The third-order valence-corrected chi connectivity index (χ3v) is 6.75. The summed E-state index contributed by atoms with van der Waals surface area (Å²) in [4.78, 5) is 24.4. The summed E-state index contributed by atoms with van der Waals surface area (Å²) in [5.74, 6) is 0.617. The standard InChI is InChI=1S/C27H29ClN4O2/c1-30(2)14-15-34-21-17-19(16-20(28)18-21)27(33)32-12-10-31(11-13-32)26-24-7-4-3-6-22(24)23-8-5-9-29-25(23)26/h3-9,16-18,26H,10-15H2,1-2H3. The zero-order valence-electron chi connectivity index (χ0n) is 19.6. The van der Waals surface area contributed by atoms with Crippen LogP contribution < -0.4 is 4.74 Å². The fourth-order valence-corrected chi connectivity index (χ4v) is 5.07. The summed E-state index contributed by atoms with van der Waals surface area (Å²) in [6.45, 7) is 4.21. The van der Waals surface area contributed by atoms with E-state index in [1.807, 2.05) is 36.2 Å². The first-order valence-electron chi connectivity index (χ1n) is 11.7. The van der Waals surface area contributed by atoms with E-state index in [0.29, 0.717) is 36.0 Å². The van der Waals surface area contributed by atoms with Gasteiger partial charge in [-0.25, -0.2) is 0 Å². The molecule has 3 aromatic rings. The van der Waals surface area contributed by atoms with E-state index in [-0.39, 0.29) is 11.9 Å². The lowest BCUT2D eigenvalue weighted by Gasteiger charge is -2.38. The molecule has 5 rings (SSSR count). The van der Waals surface area contributed by atoms with Crippen LogP contribution in [0.1, 0.15) is 27.7 Å². The number of ether oxygens (including phenoxy) is 1. The Kier molecular flexibility index (Phi) is 6.55. The highest BCUT2D eigenvalue weighted by Gasteiger charge is 2.36. The van der Waals surface area contributed by atoms with E-state index >= 15 is 0 Å². The zero-order chi connectivity index (χ0) is 23.7. The van der Waals surface area contributed by atoms with Crippen molar-refractivity contribution in [1.29, 1.82) is 0 Å². The second-order valence-corrected chi connectivity index (χ2v) is 9.52. The number of rotatable bonds is 6. The Labute approximate surface area is 205 Å². The molecule has 2 aliphatic rings. The molecule has 0 saturated carbocycles. The second kappa shape index (κ2) is 9.74. The summed E-state index contributed by atoms with van der Waals surface area (Å²) in [6.07, 6.45) is 1.87. The van der Waals surface area contributed by atoms with E-state index < -0.39 is 0 Å². The molecule has 1 aliphatic heterocycles. The highest BCUT2D eigenvalue weighted by molar-refractivity contribution is 6.31. The Hall–Kier alpha value is -2.93. The van der Waals surface area contributed by atoms with Gasteiger partial charge in [0.15, 0.2) is 0 Å². The number of carbonyl (C=O) groups is 1. The second-order valence-electron chi connectivity index (χ2n) is 9.08. The van der Waals surface area contributed by atoms with Gasteiger partial charge in [0, 0.05) is 55.1 Å². The van der Waals surface area contributed by atoms with Crippen LogP contribution in [0.3, 0.4) is 0 Å². The summed E-state index contributed by atoms with van der Waals surface area (Å²) in [6, 6.07) is 18.1. The molecule has 0 spiro atoms. The number of hydrogen-bond acceptors (Lipinski definition) is 5. The predicted octanol–water partition coefficient (Wildman–Crippen LogP) is 4.20. The minimum absolute atomic E-state index is 0.00930. The largest absolute Gasteiger partial charge is 0.492 e. The maximum absolute atomic E-state index is 13.3. The number of piperazine rings is 1. The van der Waals surface area contributed by atoms with Crippen molar-refractivity contribution in [1.82, 2.24) is 19.7 Å². The van der Waals surface area contributed by atoms with Crippen molar-refractivity contribution in [2.45, 2.75) is 6.04 Å². The van der Waals surface area contributed by atoms with Crippen molar-refractivity contribution < 1.29 is 9.53 Å². The van der Waals surface area contributed by atoms with Gasteiger partial charge in [0.05, 0.1) is 11.7 Å². The zero-order valence-corrected chi connectivity index (χ0v) is 20.3. The topological polar surface area (TPSA) is 48.9 Å². The van der Waals surface area contributed by atoms with Crippen LogP contribution in [0.5, 0.6) is 5.75 Å². The van der Waals surface area contributed by atoms with E-state index in [9.17, 15) is 4.79 Å². The van der Waals surface area contributed by atoms with Crippen molar-refractivity contribution in [3.05, 3.63) is 82.6 Å². The number of halogens is 1. The van der Waals surface area contributed by atoms with E-state index in [0.717, 1.165) is 25.3 Å². The molecular weight excluding hydrogens is 448 g/mol. The number of fused-ring (bicyclic) bond motifs is 3. The molecule has 0 N–H and O–H groups in total. The molecule has 6 nitrogen and oxygen atoms in total. The first kappa shape index (κ1) is 22.8. The lowest BCUT2D eigenvalue weighted by molar-refractivity contribution is 0.0597. The first-order valence-corrected chi connectivity index (χ1v) is 12.0. The molecule has 1 amide bonds. The molecule has 2 heterocycles. The normalized spacial score (nSPS) is 17.5. The van der Waals surface area contributed by atoms with Crippen LogP contribution in [0, 0.1) is 0 Å². The van der Waals surface area contributed by atoms with Gasteiger partial charge in [-0.3, -0.25) is 14.7 Å². The quantitative estimate of drug-likeness (QED) is 0.533. The number of benzene rings is 2. The van der Waals surface area contributed by atoms with Gasteiger partial charge in [-0.15, -0.1) is 0 Å². The predicted molar refractivity (Wildman–Crippen MR) is 134 cm³/mol. The lowest BCUT2D eigenvalue weighted by Crippen LogP contribution is -2.49. The van der Waals surface area contributed by atoms with Crippen molar-refractivity contribution in [2.75, 3.05) is 53.4 Å². The summed E-state index contributed by atoms with van der Waals surface area (Å²) in [5, 5.41) is 0.509. The maximum Gasteiger partial charge on any atom is 0.254 e. The minimum atomic E-state index is -0.00930. The number of pyridine rings is 1. The highest BCUT2D eigenvalue weighted by Crippen LogP contribution is 2.45. The number of hydrogen-bond donors (Lipinski definition) is 0. The summed E-state index contributed by atoms with van der Waals surface area (Å²) < 4.78 is 5.81. The van der Waals surface area contributed by atoms with Gasteiger partial charge in [0.1, 0.15) is 12.4 Å². The monoisotopic (exact) mass is 476 g/mol. The number of nitrogens with zero attached hydrogens (tertiary/aromatic N) is 4. The molecular formula is C27H29ClN4O2. The van der Waals surface area contributed by atoms with Crippen molar-refractivity contribution in [3.8, 4) is 16.9 Å². The third-order valence-electron chi connectivity index (χ3n) is 6.54. The highest BCUT2D eigenvalue weighted by atomic mass is 35.5. The third kappa shape index (κ3) is 4.53.